The van der Waals surface area contributed by atoms with Gasteiger partial charge in [-0.1, -0.05) is 64.3 Å². The fourth-order valence-corrected chi connectivity index (χ4v) is 5.81. The second-order valence-electron chi connectivity index (χ2n) is 12.9. The number of nitrogens with one attached hydrogen (secondary N) is 2. The lowest BCUT2D eigenvalue weighted by molar-refractivity contribution is -0.145. The summed E-state index contributed by atoms with van der Waals surface area (Å²) in [7, 11) is 0. The highest BCUT2D eigenvalue weighted by Crippen LogP contribution is 2.29. The van der Waals surface area contributed by atoms with Crippen LogP contribution < -0.4 is 10.6 Å². The highest BCUT2D eigenvalue weighted by atomic mass is 32.2. The minimum Gasteiger partial charge on any atom is -0.444 e. The molecule has 2 rings (SSSR count). The van der Waals surface area contributed by atoms with Gasteiger partial charge < -0.3 is 20.3 Å². The summed E-state index contributed by atoms with van der Waals surface area (Å²) in [6.07, 6.45) is 9.68. The van der Waals surface area contributed by atoms with Crippen molar-refractivity contribution in [2.24, 2.45) is 5.92 Å². The van der Waals surface area contributed by atoms with Gasteiger partial charge in [0, 0.05) is 12.1 Å². The summed E-state index contributed by atoms with van der Waals surface area (Å²) >= 11 is 1.62. The van der Waals surface area contributed by atoms with Gasteiger partial charge in [-0.05, 0) is 95.3 Å². The fraction of sp³-hybridized carbons (Fsp3) is 0.727. The minimum absolute atomic E-state index is 0.115. The van der Waals surface area contributed by atoms with Gasteiger partial charge in [-0.2, -0.15) is 11.8 Å². The molecule has 3 atom stereocenters. The molecule has 3 unspecified atom stereocenters. The number of nitrogens with zero attached hydrogens (tertiary/aromatic N) is 1. The van der Waals surface area contributed by atoms with E-state index in [0.29, 0.717) is 18.1 Å². The summed E-state index contributed by atoms with van der Waals surface area (Å²) in [6, 6.07) is 6.35. The number of hydrogen-bond acceptors (Lipinski definition) is 5. The highest BCUT2D eigenvalue weighted by Gasteiger charge is 2.39. The van der Waals surface area contributed by atoms with Gasteiger partial charge in [0.1, 0.15) is 17.7 Å². The summed E-state index contributed by atoms with van der Waals surface area (Å²) in [5.74, 6) is 0.751. The third-order valence-electron chi connectivity index (χ3n) is 7.67. The summed E-state index contributed by atoms with van der Waals surface area (Å²) in [4.78, 5) is 43.3. The first-order valence-corrected chi connectivity index (χ1v) is 17.0. The molecule has 0 bridgehead atoms. The summed E-state index contributed by atoms with van der Waals surface area (Å²) in [5.41, 5.74) is 1.28. The maximum Gasteiger partial charge on any atom is 0.408 e. The standard InChI is InChI=1S/C33H55N3O4S/c1-9-25-17-19-26(20-18-25)29(30(37)34-27-13-11-10-12-14-27)36(24(4)16-15-23(2)3)31(38)28(21-22-41-8)35-32(39)40-33(5,6)7/h17-20,23-24,27-29H,9-16,21-22H2,1-8H3,(H,34,37)(H,35,39). The number of hydrogen-bond donors (Lipinski definition) is 2. The topological polar surface area (TPSA) is 87.7 Å². The van der Waals surface area contributed by atoms with Gasteiger partial charge in [0.05, 0.1) is 0 Å². The Labute approximate surface area is 253 Å². The number of ether oxygens (including phenoxy) is 1. The molecule has 0 aromatic heterocycles. The van der Waals surface area contributed by atoms with Crippen LogP contribution in [0, 0.1) is 5.92 Å². The van der Waals surface area contributed by atoms with Gasteiger partial charge in [-0.3, -0.25) is 9.59 Å². The molecule has 7 nitrogen and oxygen atoms in total. The van der Waals surface area contributed by atoms with Gasteiger partial charge in [-0.15, -0.1) is 0 Å². The van der Waals surface area contributed by atoms with E-state index in [0.717, 1.165) is 50.5 Å². The zero-order chi connectivity index (χ0) is 30.6. The van der Waals surface area contributed by atoms with E-state index in [2.05, 4.69) is 31.4 Å². The molecule has 0 heterocycles. The monoisotopic (exact) mass is 589 g/mol. The zero-order valence-corrected chi connectivity index (χ0v) is 27.6. The molecule has 1 aliphatic carbocycles. The van der Waals surface area contributed by atoms with Crippen molar-refractivity contribution in [3.63, 3.8) is 0 Å². The van der Waals surface area contributed by atoms with Crippen LogP contribution in [-0.2, 0) is 20.7 Å². The Morgan fingerprint density at radius 3 is 2.17 bits per heavy atom. The van der Waals surface area contributed by atoms with Gasteiger partial charge in [0.2, 0.25) is 11.8 Å². The van der Waals surface area contributed by atoms with E-state index in [9.17, 15) is 14.4 Å². The number of carbonyl (C=O) groups excluding carboxylic acids is 3. The number of benzene rings is 1. The van der Waals surface area contributed by atoms with Crippen LogP contribution >= 0.6 is 11.8 Å². The van der Waals surface area contributed by atoms with Crippen molar-refractivity contribution >= 4 is 29.7 Å². The van der Waals surface area contributed by atoms with Crippen LogP contribution in [0.3, 0.4) is 0 Å². The molecule has 0 saturated heterocycles. The molecule has 1 aromatic rings. The smallest absolute Gasteiger partial charge is 0.408 e. The number of aryl methyl sites for hydroxylation is 1. The van der Waals surface area contributed by atoms with Gasteiger partial charge in [-0.25, -0.2) is 4.79 Å². The number of thioether (sulfide) groups is 1. The molecule has 0 radical (unpaired) electrons. The number of rotatable bonds is 14. The average Bonchev–Trinajstić information content (AvgIpc) is 2.91. The number of alkyl carbamates (subject to hydrolysis) is 1. The first-order chi connectivity index (χ1) is 19.4. The van der Waals surface area contributed by atoms with Gasteiger partial charge in [0.25, 0.3) is 0 Å². The Morgan fingerprint density at radius 2 is 1.63 bits per heavy atom. The van der Waals surface area contributed by atoms with E-state index in [4.69, 9.17) is 4.74 Å². The lowest BCUT2D eigenvalue weighted by atomic mass is 9.93. The Hall–Kier alpha value is -2.22. The molecule has 1 aliphatic rings. The second-order valence-corrected chi connectivity index (χ2v) is 13.9. The maximum atomic E-state index is 14.5. The molecule has 41 heavy (non-hydrogen) atoms. The van der Waals surface area contributed by atoms with Gasteiger partial charge >= 0.3 is 6.09 Å². The van der Waals surface area contributed by atoms with Crippen molar-refractivity contribution in [3.05, 3.63) is 35.4 Å². The van der Waals surface area contributed by atoms with Crippen LogP contribution in [0.4, 0.5) is 4.79 Å². The van der Waals surface area contributed by atoms with Gasteiger partial charge in [0.15, 0.2) is 0 Å². The molecule has 1 fully saturated rings. The summed E-state index contributed by atoms with van der Waals surface area (Å²) in [5, 5.41) is 6.16. The van der Waals surface area contributed by atoms with E-state index in [1.54, 1.807) is 37.4 Å². The Morgan fingerprint density at radius 1 is 1.00 bits per heavy atom. The molecular formula is C33H55N3O4S. The van der Waals surface area contributed by atoms with Crippen molar-refractivity contribution in [2.75, 3.05) is 12.0 Å². The number of carbonyl (C=O) groups is 3. The van der Waals surface area contributed by atoms with Crippen molar-refractivity contribution in [1.82, 2.24) is 15.5 Å². The van der Waals surface area contributed by atoms with Crippen LogP contribution in [0.2, 0.25) is 0 Å². The van der Waals surface area contributed by atoms with Crippen molar-refractivity contribution in [2.45, 2.75) is 136 Å². The van der Waals surface area contributed by atoms with Crippen LogP contribution in [-0.4, -0.2) is 58.5 Å². The maximum absolute atomic E-state index is 14.5. The van der Waals surface area contributed by atoms with E-state index in [-0.39, 0.29) is 23.9 Å². The highest BCUT2D eigenvalue weighted by molar-refractivity contribution is 7.98. The SMILES string of the molecule is CCc1ccc(C(C(=O)NC2CCCCC2)N(C(=O)C(CCSC)NC(=O)OC(C)(C)C)C(C)CCC(C)C)cc1. The molecule has 1 aromatic carbocycles. The van der Waals surface area contributed by atoms with Crippen molar-refractivity contribution in [1.29, 1.82) is 0 Å². The normalized spacial score (nSPS) is 16.5. The van der Waals surface area contributed by atoms with E-state index >= 15 is 0 Å². The molecule has 232 valence electrons. The first-order valence-electron chi connectivity index (χ1n) is 15.6. The first kappa shape index (κ1) is 35.0. The Bertz CT molecular complexity index is 954. The van der Waals surface area contributed by atoms with Crippen molar-refractivity contribution in [3.8, 4) is 0 Å². The molecule has 3 amide bonds. The minimum atomic E-state index is -0.807. The largest absolute Gasteiger partial charge is 0.444 e. The molecule has 1 saturated carbocycles. The zero-order valence-electron chi connectivity index (χ0n) is 26.8. The van der Waals surface area contributed by atoms with Crippen LogP contribution in [0.5, 0.6) is 0 Å². The van der Waals surface area contributed by atoms with E-state index < -0.39 is 23.8 Å². The van der Waals surface area contributed by atoms with E-state index in [1.807, 2.05) is 37.4 Å². The van der Waals surface area contributed by atoms with Crippen LogP contribution in [0.15, 0.2) is 24.3 Å². The average molecular weight is 590 g/mol. The third-order valence-corrected chi connectivity index (χ3v) is 8.32. The predicted molar refractivity (Wildman–Crippen MR) is 170 cm³/mol. The van der Waals surface area contributed by atoms with Crippen LogP contribution in [0.25, 0.3) is 0 Å². The molecular weight excluding hydrogens is 534 g/mol. The van der Waals surface area contributed by atoms with E-state index in [1.165, 1.54) is 12.0 Å². The molecule has 0 aliphatic heterocycles. The Balaban J connectivity index is 2.54. The second kappa shape index (κ2) is 17.0. The molecule has 0 spiro atoms. The quantitative estimate of drug-likeness (QED) is 0.243. The third kappa shape index (κ3) is 11.9. The summed E-state index contributed by atoms with van der Waals surface area (Å²) in [6.45, 7) is 13.9. The number of amides is 3. The fourth-order valence-electron chi connectivity index (χ4n) is 5.34. The predicted octanol–water partition coefficient (Wildman–Crippen LogP) is 7.04. The Kier molecular flexibility index (Phi) is 14.5. The lowest BCUT2D eigenvalue weighted by Crippen LogP contribution is -2.56. The van der Waals surface area contributed by atoms with Crippen LogP contribution in [0.1, 0.15) is 117 Å². The molecule has 8 heteroatoms. The van der Waals surface area contributed by atoms with Crippen molar-refractivity contribution < 1.29 is 19.1 Å². The summed E-state index contributed by atoms with van der Waals surface area (Å²) < 4.78 is 5.53. The lowest BCUT2D eigenvalue weighted by Gasteiger charge is -2.39. The molecule has 2 N–H and O–H groups in total.